The standard InChI is InChI=1S/C18H14F2N2O3S/c19-11-3-5-13(20)14(10-11)22-18(24)17(23)21-8-7-12-4-6-16(26-12)15-2-1-9-25-15/h1-6,9-10H,7-8H2,(H,21,23)(H,22,24). The van der Waals surface area contributed by atoms with Gasteiger partial charge in [-0.15, -0.1) is 11.3 Å². The number of thiophene rings is 1. The molecule has 0 aliphatic carbocycles. The van der Waals surface area contributed by atoms with Crippen LogP contribution in [0.3, 0.4) is 0 Å². The Morgan fingerprint density at radius 3 is 2.69 bits per heavy atom. The Morgan fingerprint density at radius 2 is 1.92 bits per heavy atom. The summed E-state index contributed by atoms with van der Waals surface area (Å²) in [6, 6.07) is 10.1. The minimum absolute atomic E-state index is 0.232. The van der Waals surface area contributed by atoms with Gasteiger partial charge in [-0.2, -0.15) is 0 Å². The third-order valence-corrected chi connectivity index (χ3v) is 4.63. The average Bonchev–Trinajstić information content (AvgIpc) is 3.29. The molecular formula is C18H14F2N2O3S. The zero-order valence-electron chi connectivity index (χ0n) is 13.4. The molecule has 0 unspecified atom stereocenters. The molecule has 3 aromatic rings. The van der Waals surface area contributed by atoms with E-state index in [0.717, 1.165) is 33.7 Å². The smallest absolute Gasteiger partial charge is 0.313 e. The minimum Gasteiger partial charge on any atom is -0.464 e. The molecule has 1 aromatic carbocycles. The van der Waals surface area contributed by atoms with Crippen molar-refractivity contribution in [2.75, 3.05) is 11.9 Å². The van der Waals surface area contributed by atoms with Gasteiger partial charge in [0.25, 0.3) is 0 Å². The molecule has 0 fully saturated rings. The molecule has 2 aromatic heterocycles. The Balaban J connectivity index is 1.49. The lowest BCUT2D eigenvalue weighted by Gasteiger charge is -2.07. The molecule has 0 aliphatic heterocycles. The van der Waals surface area contributed by atoms with Crippen LogP contribution in [0.5, 0.6) is 0 Å². The highest BCUT2D eigenvalue weighted by atomic mass is 32.1. The molecule has 0 spiro atoms. The Hall–Kier alpha value is -3.00. The van der Waals surface area contributed by atoms with E-state index >= 15 is 0 Å². The lowest BCUT2D eigenvalue weighted by Crippen LogP contribution is -2.36. The van der Waals surface area contributed by atoms with Crippen LogP contribution in [0.1, 0.15) is 4.88 Å². The van der Waals surface area contributed by atoms with Crippen LogP contribution in [-0.2, 0) is 16.0 Å². The van der Waals surface area contributed by atoms with Gasteiger partial charge < -0.3 is 15.1 Å². The fraction of sp³-hybridized carbons (Fsp3) is 0.111. The Morgan fingerprint density at radius 1 is 1.08 bits per heavy atom. The summed E-state index contributed by atoms with van der Waals surface area (Å²) >= 11 is 1.52. The van der Waals surface area contributed by atoms with Crippen molar-refractivity contribution in [1.29, 1.82) is 0 Å². The van der Waals surface area contributed by atoms with Gasteiger partial charge in [-0.05, 0) is 42.8 Å². The van der Waals surface area contributed by atoms with Crippen molar-refractivity contribution in [3.05, 3.63) is 65.2 Å². The first-order valence-electron chi connectivity index (χ1n) is 7.70. The quantitative estimate of drug-likeness (QED) is 0.669. The van der Waals surface area contributed by atoms with Gasteiger partial charge in [-0.25, -0.2) is 8.78 Å². The second-order valence-corrected chi connectivity index (χ2v) is 6.50. The maximum absolute atomic E-state index is 13.5. The van der Waals surface area contributed by atoms with Crippen molar-refractivity contribution in [1.82, 2.24) is 5.32 Å². The zero-order chi connectivity index (χ0) is 18.5. The van der Waals surface area contributed by atoms with Crippen LogP contribution in [-0.4, -0.2) is 18.4 Å². The largest absolute Gasteiger partial charge is 0.464 e. The molecule has 0 bridgehead atoms. The minimum atomic E-state index is -1.06. The molecule has 134 valence electrons. The van der Waals surface area contributed by atoms with E-state index in [2.05, 4.69) is 5.32 Å². The number of rotatable bonds is 5. The van der Waals surface area contributed by atoms with Crippen LogP contribution in [0.15, 0.2) is 53.1 Å². The van der Waals surface area contributed by atoms with Crippen LogP contribution >= 0.6 is 11.3 Å². The summed E-state index contributed by atoms with van der Waals surface area (Å²) in [7, 11) is 0. The number of benzene rings is 1. The predicted molar refractivity (Wildman–Crippen MR) is 93.7 cm³/mol. The number of anilines is 1. The Bertz CT molecular complexity index is 922. The summed E-state index contributed by atoms with van der Waals surface area (Å²) in [5, 5.41) is 4.49. The van der Waals surface area contributed by atoms with Crippen LogP contribution in [0.25, 0.3) is 10.6 Å². The van der Waals surface area contributed by atoms with Gasteiger partial charge in [0.1, 0.15) is 17.4 Å². The van der Waals surface area contributed by atoms with E-state index < -0.39 is 23.4 Å². The highest BCUT2D eigenvalue weighted by Crippen LogP contribution is 2.28. The number of hydrogen-bond acceptors (Lipinski definition) is 4. The van der Waals surface area contributed by atoms with Crippen LogP contribution in [0.2, 0.25) is 0 Å². The second kappa shape index (κ2) is 7.92. The molecule has 8 heteroatoms. The van der Waals surface area contributed by atoms with Crippen LogP contribution in [0, 0.1) is 11.6 Å². The van der Waals surface area contributed by atoms with E-state index in [1.165, 1.54) is 11.3 Å². The third-order valence-electron chi connectivity index (χ3n) is 3.47. The van der Waals surface area contributed by atoms with Gasteiger partial charge in [-0.3, -0.25) is 9.59 Å². The topological polar surface area (TPSA) is 71.3 Å². The number of amides is 2. The summed E-state index contributed by atoms with van der Waals surface area (Å²) in [5.74, 6) is -2.75. The summed E-state index contributed by atoms with van der Waals surface area (Å²) < 4.78 is 31.8. The number of carbonyl (C=O) groups is 2. The molecule has 0 saturated carbocycles. The van der Waals surface area contributed by atoms with E-state index in [0.29, 0.717) is 6.42 Å². The van der Waals surface area contributed by atoms with Gasteiger partial charge >= 0.3 is 11.8 Å². The molecule has 0 aliphatic rings. The molecule has 0 saturated heterocycles. The zero-order valence-corrected chi connectivity index (χ0v) is 14.2. The van der Waals surface area contributed by atoms with Crippen molar-refractivity contribution in [2.24, 2.45) is 0 Å². The van der Waals surface area contributed by atoms with E-state index in [-0.39, 0.29) is 12.2 Å². The van der Waals surface area contributed by atoms with Gasteiger partial charge in [-0.1, -0.05) is 0 Å². The Kier molecular flexibility index (Phi) is 5.43. The molecule has 0 radical (unpaired) electrons. The highest BCUT2D eigenvalue weighted by molar-refractivity contribution is 7.15. The maximum Gasteiger partial charge on any atom is 0.313 e. The predicted octanol–water partition coefficient (Wildman–Crippen LogP) is 3.58. The first-order chi connectivity index (χ1) is 12.5. The number of halogens is 2. The summed E-state index contributed by atoms with van der Waals surface area (Å²) in [6.07, 6.45) is 2.12. The second-order valence-electron chi connectivity index (χ2n) is 5.33. The van der Waals surface area contributed by atoms with E-state index in [1.807, 2.05) is 23.5 Å². The number of nitrogens with one attached hydrogen (secondary N) is 2. The summed E-state index contributed by atoms with van der Waals surface area (Å²) in [6.45, 7) is 0.232. The van der Waals surface area contributed by atoms with Crippen LogP contribution in [0.4, 0.5) is 14.5 Å². The van der Waals surface area contributed by atoms with Crippen molar-refractivity contribution in [2.45, 2.75) is 6.42 Å². The fourth-order valence-corrected chi connectivity index (χ4v) is 3.19. The summed E-state index contributed by atoms with van der Waals surface area (Å²) in [4.78, 5) is 25.5. The molecule has 3 rings (SSSR count). The summed E-state index contributed by atoms with van der Waals surface area (Å²) in [5.41, 5.74) is -0.383. The van der Waals surface area contributed by atoms with Gasteiger partial charge in [0, 0.05) is 17.5 Å². The van der Waals surface area contributed by atoms with Crippen molar-refractivity contribution < 1.29 is 22.8 Å². The SMILES string of the molecule is O=C(NCCc1ccc(-c2ccco2)s1)C(=O)Nc1cc(F)ccc1F. The molecule has 2 N–H and O–H groups in total. The van der Waals surface area contributed by atoms with Crippen molar-refractivity contribution in [3.8, 4) is 10.6 Å². The molecule has 2 amide bonds. The average molecular weight is 376 g/mol. The molecule has 26 heavy (non-hydrogen) atoms. The van der Waals surface area contributed by atoms with Crippen molar-refractivity contribution in [3.63, 3.8) is 0 Å². The Labute approximate surface area is 151 Å². The molecule has 5 nitrogen and oxygen atoms in total. The lowest BCUT2D eigenvalue weighted by molar-refractivity contribution is -0.136. The van der Waals surface area contributed by atoms with Crippen molar-refractivity contribution >= 4 is 28.8 Å². The monoisotopic (exact) mass is 376 g/mol. The lowest BCUT2D eigenvalue weighted by atomic mass is 10.3. The molecule has 0 atom stereocenters. The fourth-order valence-electron chi connectivity index (χ4n) is 2.22. The molecule has 2 heterocycles. The van der Waals surface area contributed by atoms with Crippen LogP contribution < -0.4 is 10.6 Å². The maximum atomic E-state index is 13.5. The normalized spacial score (nSPS) is 10.5. The van der Waals surface area contributed by atoms with Gasteiger partial charge in [0.05, 0.1) is 16.8 Å². The first kappa shape index (κ1) is 17.8. The first-order valence-corrected chi connectivity index (χ1v) is 8.51. The van der Waals surface area contributed by atoms with E-state index in [1.54, 1.807) is 12.3 Å². The number of hydrogen-bond donors (Lipinski definition) is 2. The third kappa shape index (κ3) is 4.34. The number of furan rings is 1. The number of carbonyl (C=O) groups excluding carboxylic acids is 2. The highest BCUT2D eigenvalue weighted by Gasteiger charge is 2.16. The van der Waals surface area contributed by atoms with Gasteiger partial charge in [0.2, 0.25) is 0 Å². The van der Waals surface area contributed by atoms with E-state index in [4.69, 9.17) is 4.42 Å². The molecular weight excluding hydrogens is 362 g/mol. The van der Waals surface area contributed by atoms with E-state index in [9.17, 15) is 18.4 Å². The van der Waals surface area contributed by atoms with Gasteiger partial charge in [0.15, 0.2) is 0 Å².